The molecule has 1 N–H and O–H groups in total. The zero-order valence-electron chi connectivity index (χ0n) is 18.6. The minimum atomic E-state index is -0.0525. The number of benzene rings is 2. The molecular formula is C25H28N2O3S2. The van der Waals surface area contributed by atoms with Gasteiger partial charge >= 0.3 is 0 Å². The van der Waals surface area contributed by atoms with Crippen LogP contribution in [0.2, 0.25) is 0 Å². The molecule has 168 valence electrons. The van der Waals surface area contributed by atoms with Crippen LogP contribution in [0.3, 0.4) is 0 Å². The van der Waals surface area contributed by atoms with Crippen LogP contribution in [-0.2, 0) is 9.59 Å². The SMILES string of the molecule is COc1ccc(/C=C2\SC(=S)N(CCCCCC(=O)Nc3ccc(C)c(C)c3)C2=O)cc1. The monoisotopic (exact) mass is 468 g/mol. The van der Waals surface area contributed by atoms with E-state index in [0.29, 0.717) is 22.2 Å². The van der Waals surface area contributed by atoms with Crippen molar-refractivity contribution in [2.45, 2.75) is 39.5 Å². The molecule has 1 aliphatic heterocycles. The Morgan fingerprint density at radius 1 is 1.09 bits per heavy atom. The van der Waals surface area contributed by atoms with E-state index in [-0.39, 0.29) is 11.8 Å². The Bertz CT molecular complexity index is 1030. The number of methoxy groups -OCH3 is 1. The first-order valence-electron chi connectivity index (χ1n) is 10.6. The maximum atomic E-state index is 12.7. The van der Waals surface area contributed by atoms with Gasteiger partial charge in [0.1, 0.15) is 10.1 Å². The first-order valence-corrected chi connectivity index (χ1v) is 11.9. The number of aryl methyl sites for hydroxylation is 2. The van der Waals surface area contributed by atoms with Crippen molar-refractivity contribution in [1.82, 2.24) is 4.90 Å². The number of hydrogen-bond acceptors (Lipinski definition) is 5. The average Bonchev–Trinajstić information content (AvgIpc) is 3.03. The Morgan fingerprint density at radius 2 is 1.84 bits per heavy atom. The summed E-state index contributed by atoms with van der Waals surface area (Å²) in [7, 11) is 1.62. The van der Waals surface area contributed by atoms with Gasteiger partial charge in [-0.1, -0.05) is 48.6 Å². The van der Waals surface area contributed by atoms with Crippen LogP contribution in [0.1, 0.15) is 42.4 Å². The molecule has 1 heterocycles. The molecule has 5 nitrogen and oxygen atoms in total. The molecule has 0 bridgehead atoms. The summed E-state index contributed by atoms with van der Waals surface area (Å²) in [6.45, 7) is 4.66. The van der Waals surface area contributed by atoms with Gasteiger partial charge in [-0.15, -0.1) is 0 Å². The van der Waals surface area contributed by atoms with Crippen molar-refractivity contribution in [3.05, 3.63) is 64.1 Å². The standard InChI is InChI=1S/C25H28N2O3S2/c1-17-8-11-20(15-18(17)2)26-23(28)7-5-4-6-14-27-24(29)22(32-25(27)31)16-19-9-12-21(30-3)13-10-19/h8-13,15-16H,4-7,14H2,1-3H3,(H,26,28)/b22-16-. The number of thioether (sulfide) groups is 1. The number of ether oxygens (including phenoxy) is 1. The summed E-state index contributed by atoms with van der Waals surface area (Å²) < 4.78 is 5.75. The minimum Gasteiger partial charge on any atom is -0.497 e. The maximum absolute atomic E-state index is 12.7. The number of anilines is 1. The molecule has 0 atom stereocenters. The fourth-order valence-electron chi connectivity index (χ4n) is 3.32. The number of unbranched alkanes of at least 4 members (excludes halogenated alkanes) is 2. The van der Waals surface area contributed by atoms with E-state index < -0.39 is 0 Å². The third kappa shape index (κ3) is 6.43. The molecule has 0 aromatic heterocycles. The van der Waals surface area contributed by atoms with Crippen molar-refractivity contribution in [3.63, 3.8) is 0 Å². The molecule has 1 saturated heterocycles. The number of carbonyl (C=O) groups excluding carboxylic acids is 2. The fraction of sp³-hybridized carbons (Fsp3) is 0.320. The van der Waals surface area contributed by atoms with Gasteiger partial charge in [-0.05, 0) is 73.7 Å². The van der Waals surface area contributed by atoms with Gasteiger partial charge in [0, 0.05) is 18.7 Å². The second kappa shape index (κ2) is 11.3. The number of rotatable bonds is 9. The summed E-state index contributed by atoms with van der Waals surface area (Å²) in [5.41, 5.74) is 4.13. The van der Waals surface area contributed by atoms with Crippen LogP contribution in [0.15, 0.2) is 47.4 Å². The lowest BCUT2D eigenvalue weighted by atomic mass is 10.1. The molecule has 1 fully saturated rings. The summed E-state index contributed by atoms with van der Waals surface area (Å²) in [5.74, 6) is 0.738. The predicted octanol–water partition coefficient (Wildman–Crippen LogP) is 5.71. The third-order valence-electron chi connectivity index (χ3n) is 5.36. The Morgan fingerprint density at radius 3 is 2.53 bits per heavy atom. The van der Waals surface area contributed by atoms with Crippen LogP contribution >= 0.6 is 24.0 Å². The number of nitrogens with one attached hydrogen (secondary N) is 1. The van der Waals surface area contributed by atoms with Crippen LogP contribution in [0.25, 0.3) is 6.08 Å². The lowest BCUT2D eigenvalue weighted by Crippen LogP contribution is -2.29. The maximum Gasteiger partial charge on any atom is 0.266 e. The van der Waals surface area contributed by atoms with Crippen LogP contribution in [-0.4, -0.2) is 34.7 Å². The third-order valence-corrected chi connectivity index (χ3v) is 6.74. The molecule has 0 radical (unpaired) electrons. The predicted molar refractivity (Wildman–Crippen MR) is 136 cm³/mol. The molecule has 1 aliphatic rings. The minimum absolute atomic E-state index is 0.0151. The summed E-state index contributed by atoms with van der Waals surface area (Å²) in [5, 5.41) is 2.95. The van der Waals surface area contributed by atoms with Gasteiger partial charge in [-0.2, -0.15) is 0 Å². The fourth-order valence-corrected chi connectivity index (χ4v) is 4.63. The quantitative estimate of drug-likeness (QED) is 0.290. The molecule has 0 spiro atoms. The van der Waals surface area contributed by atoms with Gasteiger partial charge in [0.15, 0.2) is 0 Å². The van der Waals surface area contributed by atoms with E-state index in [9.17, 15) is 9.59 Å². The summed E-state index contributed by atoms with van der Waals surface area (Å²) in [6.07, 6.45) is 4.75. The second-order valence-electron chi connectivity index (χ2n) is 7.76. The molecule has 0 aliphatic carbocycles. The molecule has 2 aromatic carbocycles. The summed E-state index contributed by atoms with van der Waals surface area (Å²) in [6, 6.07) is 13.5. The highest BCUT2D eigenvalue weighted by atomic mass is 32.2. The van der Waals surface area contributed by atoms with Gasteiger partial charge in [-0.3, -0.25) is 14.5 Å². The average molecular weight is 469 g/mol. The lowest BCUT2D eigenvalue weighted by molar-refractivity contribution is -0.122. The van der Waals surface area contributed by atoms with Crippen molar-refractivity contribution in [2.75, 3.05) is 19.0 Å². The molecule has 2 aromatic rings. The number of nitrogens with zero attached hydrogens (tertiary/aromatic N) is 1. The molecule has 3 rings (SSSR count). The van der Waals surface area contributed by atoms with E-state index in [1.807, 2.05) is 62.4 Å². The van der Waals surface area contributed by atoms with Gasteiger partial charge in [0.25, 0.3) is 5.91 Å². The molecule has 0 unspecified atom stereocenters. The van der Waals surface area contributed by atoms with E-state index in [4.69, 9.17) is 17.0 Å². The highest BCUT2D eigenvalue weighted by Gasteiger charge is 2.31. The molecule has 0 saturated carbocycles. The normalized spacial score (nSPS) is 14.8. The molecule has 32 heavy (non-hydrogen) atoms. The van der Waals surface area contributed by atoms with Gasteiger partial charge in [0.05, 0.1) is 12.0 Å². The second-order valence-corrected chi connectivity index (χ2v) is 9.44. The Kier molecular flexibility index (Phi) is 8.47. The van der Waals surface area contributed by atoms with Gasteiger partial charge < -0.3 is 10.1 Å². The first kappa shape index (κ1) is 24.0. The Labute approximate surface area is 199 Å². The van der Waals surface area contributed by atoms with E-state index in [1.54, 1.807) is 12.0 Å². The van der Waals surface area contributed by atoms with Gasteiger partial charge in [-0.25, -0.2) is 0 Å². The van der Waals surface area contributed by atoms with Crippen molar-refractivity contribution in [3.8, 4) is 5.75 Å². The highest BCUT2D eigenvalue weighted by Crippen LogP contribution is 2.33. The molecule has 7 heteroatoms. The smallest absolute Gasteiger partial charge is 0.266 e. The topological polar surface area (TPSA) is 58.6 Å². The van der Waals surface area contributed by atoms with Crippen LogP contribution in [0.4, 0.5) is 5.69 Å². The van der Waals surface area contributed by atoms with E-state index >= 15 is 0 Å². The number of carbonyl (C=O) groups is 2. The van der Waals surface area contributed by atoms with Crippen molar-refractivity contribution in [1.29, 1.82) is 0 Å². The zero-order chi connectivity index (χ0) is 23.1. The highest BCUT2D eigenvalue weighted by molar-refractivity contribution is 8.26. The van der Waals surface area contributed by atoms with Gasteiger partial charge in [0.2, 0.25) is 5.91 Å². The van der Waals surface area contributed by atoms with E-state index in [0.717, 1.165) is 41.8 Å². The number of amides is 2. The largest absolute Gasteiger partial charge is 0.497 e. The molecular weight excluding hydrogens is 440 g/mol. The van der Waals surface area contributed by atoms with Crippen molar-refractivity contribution in [2.24, 2.45) is 0 Å². The van der Waals surface area contributed by atoms with E-state index in [1.165, 1.54) is 17.3 Å². The first-order chi connectivity index (χ1) is 15.4. The van der Waals surface area contributed by atoms with Crippen LogP contribution < -0.4 is 10.1 Å². The van der Waals surface area contributed by atoms with Crippen molar-refractivity contribution >= 4 is 51.9 Å². The number of hydrogen-bond donors (Lipinski definition) is 1. The lowest BCUT2D eigenvalue weighted by Gasteiger charge is -2.14. The van der Waals surface area contributed by atoms with Crippen molar-refractivity contribution < 1.29 is 14.3 Å². The van der Waals surface area contributed by atoms with Crippen LogP contribution in [0.5, 0.6) is 5.75 Å². The Hall–Kier alpha value is -2.64. The number of thiocarbonyl (C=S) groups is 1. The molecule has 2 amide bonds. The van der Waals surface area contributed by atoms with Crippen LogP contribution in [0, 0.1) is 13.8 Å². The van der Waals surface area contributed by atoms with E-state index in [2.05, 4.69) is 5.32 Å². The zero-order valence-corrected chi connectivity index (χ0v) is 20.3. The summed E-state index contributed by atoms with van der Waals surface area (Å²) >= 11 is 6.74. The Balaban J connectivity index is 1.42. The summed E-state index contributed by atoms with van der Waals surface area (Å²) in [4.78, 5) is 27.2.